The summed E-state index contributed by atoms with van der Waals surface area (Å²) in [6.45, 7) is 3.16. The van der Waals surface area contributed by atoms with E-state index in [9.17, 15) is 4.79 Å². The highest BCUT2D eigenvalue weighted by atomic mass is 16.5. The van der Waals surface area contributed by atoms with Crippen LogP contribution in [0.5, 0.6) is 0 Å². The number of carbonyl (C=O) groups is 1. The number of aryl methyl sites for hydroxylation is 1. The minimum absolute atomic E-state index is 0.238. The summed E-state index contributed by atoms with van der Waals surface area (Å²) < 4.78 is 5.56. The number of amides is 1. The van der Waals surface area contributed by atoms with Crippen LogP contribution in [-0.4, -0.2) is 20.9 Å². The summed E-state index contributed by atoms with van der Waals surface area (Å²) >= 11 is 0. The molecule has 1 aliphatic heterocycles. The SMILES string of the molecule is Cc1ncccc1N(Cc1ccc2c3c(c(N)nc2c1)COC3)C(=O)c1ccc(C#N)nc1. The quantitative estimate of drug-likeness (QED) is 0.518. The summed E-state index contributed by atoms with van der Waals surface area (Å²) in [6, 6.07) is 14.7. The maximum atomic E-state index is 13.5. The Morgan fingerprint density at radius 1 is 1.18 bits per heavy atom. The summed E-state index contributed by atoms with van der Waals surface area (Å²) in [5.41, 5.74) is 11.9. The van der Waals surface area contributed by atoms with E-state index in [-0.39, 0.29) is 11.6 Å². The smallest absolute Gasteiger partial charge is 0.260 e. The van der Waals surface area contributed by atoms with Crippen molar-refractivity contribution in [2.75, 3.05) is 10.6 Å². The fourth-order valence-corrected chi connectivity index (χ4v) is 4.07. The van der Waals surface area contributed by atoms with Gasteiger partial charge in [0.2, 0.25) is 0 Å². The molecular formula is C25H20N6O2. The largest absolute Gasteiger partial charge is 0.383 e. The van der Waals surface area contributed by atoms with Crippen LogP contribution in [0.15, 0.2) is 54.9 Å². The number of pyridine rings is 3. The number of rotatable bonds is 4. The van der Waals surface area contributed by atoms with Crippen molar-refractivity contribution in [3.63, 3.8) is 0 Å². The van der Waals surface area contributed by atoms with E-state index < -0.39 is 0 Å². The lowest BCUT2D eigenvalue weighted by Crippen LogP contribution is -2.31. The zero-order valence-corrected chi connectivity index (χ0v) is 17.9. The van der Waals surface area contributed by atoms with Crippen LogP contribution in [0.2, 0.25) is 0 Å². The van der Waals surface area contributed by atoms with E-state index in [1.807, 2.05) is 37.3 Å². The molecule has 8 heteroatoms. The van der Waals surface area contributed by atoms with Crippen LogP contribution in [0, 0.1) is 18.3 Å². The van der Waals surface area contributed by atoms with E-state index >= 15 is 0 Å². The summed E-state index contributed by atoms with van der Waals surface area (Å²) in [6.07, 6.45) is 3.11. The van der Waals surface area contributed by atoms with Crippen molar-refractivity contribution in [2.45, 2.75) is 26.7 Å². The predicted molar refractivity (Wildman–Crippen MR) is 123 cm³/mol. The van der Waals surface area contributed by atoms with Crippen molar-refractivity contribution in [1.29, 1.82) is 5.26 Å². The molecule has 1 aromatic carbocycles. The molecule has 162 valence electrons. The van der Waals surface area contributed by atoms with Gasteiger partial charge in [-0.15, -0.1) is 0 Å². The van der Waals surface area contributed by atoms with Crippen LogP contribution >= 0.6 is 0 Å². The van der Waals surface area contributed by atoms with Gasteiger partial charge in [0.05, 0.1) is 42.2 Å². The van der Waals surface area contributed by atoms with E-state index in [1.54, 1.807) is 23.2 Å². The Hall–Kier alpha value is -4.35. The molecule has 0 atom stereocenters. The average molecular weight is 436 g/mol. The third-order valence-electron chi connectivity index (χ3n) is 5.78. The fraction of sp³-hybridized carbons (Fsp3) is 0.160. The Labute approximate surface area is 190 Å². The molecule has 0 aliphatic carbocycles. The number of carbonyl (C=O) groups excluding carboxylic acids is 1. The van der Waals surface area contributed by atoms with Gasteiger partial charge in [0.25, 0.3) is 5.91 Å². The molecule has 3 aromatic heterocycles. The van der Waals surface area contributed by atoms with Crippen molar-refractivity contribution in [1.82, 2.24) is 15.0 Å². The first-order valence-electron chi connectivity index (χ1n) is 10.4. The topological polar surface area (TPSA) is 118 Å². The lowest BCUT2D eigenvalue weighted by Gasteiger charge is -2.24. The van der Waals surface area contributed by atoms with Gasteiger partial charge in [-0.25, -0.2) is 9.97 Å². The second-order valence-corrected chi connectivity index (χ2v) is 7.84. The first-order valence-corrected chi connectivity index (χ1v) is 10.4. The maximum absolute atomic E-state index is 13.5. The standard InChI is InChI=1S/C25H20N6O2/c1-15-23(3-2-8-28-15)31(25(32)17-5-6-18(10-26)29-11-17)12-16-4-7-19-20-13-33-14-21(20)24(27)30-22(19)9-16/h2-9,11H,12-14H2,1H3,(H2,27,30). The van der Waals surface area contributed by atoms with Crippen LogP contribution < -0.4 is 10.6 Å². The Balaban J connectivity index is 1.55. The van der Waals surface area contributed by atoms with Gasteiger partial charge in [-0.2, -0.15) is 5.26 Å². The highest BCUT2D eigenvalue weighted by molar-refractivity contribution is 6.06. The fourth-order valence-electron chi connectivity index (χ4n) is 4.07. The number of ether oxygens (including phenoxy) is 1. The highest BCUT2D eigenvalue weighted by Crippen LogP contribution is 2.32. The normalized spacial score (nSPS) is 12.4. The Kier molecular flexibility index (Phi) is 5.17. The molecule has 8 nitrogen and oxygen atoms in total. The van der Waals surface area contributed by atoms with Crippen molar-refractivity contribution in [2.24, 2.45) is 0 Å². The molecule has 4 heterocycles. The van der Waals surface area contributed by atoms with E-state index in [0.29, 0.717) is 36.8 Å². The minimum Gasteiger partial charge on any atom is -0.383 e. The molecule has 33 heavy (non-hydrogen) atoms. The number of nitrogen functional groups attached to an aromatic ring is 1. The van der Waals surface area contributed by atoms with Crippen LogP contribution in [0.1, 0.15) is 38.4 Å². The maximum Gasteiger partial charge on any atom is 0.260 e. The molecule has 0 unspecified atom stereocenters. The van der Waals surface area contributed by atoms with Gasteiger partial charge >= 0.3 is 0 Å². The molecule has 1 aliphatic rings. The molecule has 0 saturated carbocycles. The first-order chi connectivity index (χ1) is 16.0. The molecule has 0 radical (unpaired) electrons. The average Bonchev–Trinajstić information content (AvgIpc) is 3.34. The highest BCUT2D eigenvalue weighted by Gasteiger charge is 2.22. The molecule has 0 spiro atoms. The lowest BCUT2D eigenvalue weighted by molar-refractivity contribution is 0.0984. The van der Waals surface area contributed by atoms with Gasteiger partial charge in [-0.1, -0.05) is 12.1 Å². The lowest BCUT2D eigenvalue weighted by atomic mass is 10.0. The molecule has 2 N–H and O–H groups in total. The van der Waals surface area contributed by atoms with Gasteiger partial charge in [0, 0.05) is 23.3 Å². The van der Waals surface area contributed by atoms with Crippen molar-refractivity contribution >= 4 is 28.3 Å². The zero-order chi connectivity index (χ0) is 22.9. The zero-order valence-electron chi connectivity index (χ0n) is 17.9. The number of hydrogen-bond acceptors (Lipinski definition) is 7. The van der Waals surface area contributed by atoms with Crippen LogP contribution in [0.3, 0.4) is 0 Å². The molecule has 4 aromatic rings. The van der Waals surface area contributed by atoms with Crippen molar-refractivity contribution in [3.05, 3.63) is 88.5 Å². The van der Waals surface area contributed by atoms with Gasteiger partial charge in [-0.3, -0.25) is 9.78 Å². The number of nitriles is 1. The Bertz CT molecular complexity index is 1430. The summed E-state index contributed by atoms with van der Waals surface area (Å²) in [5.74, 6) is 0.241. The van der Waals surface area contributed by atoms with E-state index in [2.05, 4.69) is 15.0 Å². The number of aromatic nitrogens is 3. The second-order valence-electron chi connectivity index (χ2n) is 7.84. The number of nitrogens with two attached hydrogens (primary N) is 1. The number of benzene rings is 1. The molecular weight excluding hydrogens is 416 g/mol. The Morgan fingerprint density at radius 2 is 2.03 bits per heavy atom. The molecule has 5 rings (SSSR count). The second kappa shape index (κ2) is 8.30. The van der Waals surface area contributed by atoms with Gasteiger partial charge in [-0.05, 0) is 48.4 Å². The number of anilines is 2. The third kappa shape index (κ3) is 3.75. The van der Waals surface area contributed by atoms with Gasteiger partial charge in [0.15, 0.2) is 0 Å². The molecule has 0 fully saturated rings. The summed E-state index contributed by atoms with van der Waals surface area (Å²) in [5, 5.41) is 10.0. The number of fused-ring (bicyclic) bond motifs is 3. The van der Waals surface area contributed by atoms with Crippen LogP contribution in [-0.2, 0) is 24.5 Å². The number of nitrogens with zero attached hydrogens (tertiary/aromatic N) is 5. The van der Waals surface area contributed by atoms with Crippen LogP contribution in [0.4, 0.5) is 11.5 Å². The minimum atomic E-state index is -0.238. The predicted octanol–water partition coefficient (Wildman–Crippen LogP) is 3.66. The molecule has 0 bridgehead atoms. The van der Waals surface area contributed by atoms with Crippen molar-refractivity contribution < 1.29 is 9.53 Å². The summed E-state index contributed by atoms with van der Waals surface area (Å²) in [4.78, 5) is 28.1. The van der Waals surface area contributed by atoms with E-state index in [1.165, 1.54) is 12.3 Å². The Morgan fingerprint density at radius 3 is 2.79 bits per heavy atom. The van der Waals surface area contributed by atoms with E-state index in [0.717, 1.165) is 33.3 Å². The monoisotopic (exact) mass is 436 g/mol. The third-order valence-corrected chi connectivity index (χ3v) is 5.78. The van der Waals surface area contributed by atoms with Gasteiger partial charge < -0.3 is 15.4 Å². The summed E-state index contributed by atoms with van der Waals surface area (Å²) in [7, 11) is 0. The number of hydrogen-bond donors (Lipinski definition) is 1. The van der Waals surface area contributed by atoms with Crippen LogP contribution in [0.25, 0.3) is 10.9 Å². The molecule has 1 amide bonds. The molecule has 0 saturated heterocycles. The first kappa shape index (κ1) is 20.5. The van der Waals surface area contributed by atoms with E-state index in [4.69, 9.17) is 15.7 Å². The van der Waals surface area contributed by atoms with Gasteiger partial charge in [0.1, 0.15) is 17.6 Å². The van der Waals surface area contributed by atoms with Crippen molar-refractivity contribution in [3.8, 4) is 6.07 Å².